The lowest BCUT2D eigenvalue weighted by molar-refractivity contribution is 0.164. The first-order chi connectivity index (χ1) is 10.8. The van der Waals surface area contributed by atoms with Crippen LogP contribution in [0.25, 0.3) is 0 Å². The number of hydrogen-bond donors (Lipinski definition) is 0. The third-order valence-corrected chi connectivity index (χ3v) is 5.47. The maximum atomic E-state index is 6.47. The molecule has 1 nitrogen and oxygen atoms in total. The van der Waals surface area contributed by atoms with Crippen molar-refractivity contribution in [3.05, 3.63) is 0 Å². The van der Waals surface area contributed by atoms with Crippen molar-refractivity contribution in [3.8, 4) is 0 Å². The van der Waals surface area contributed by atoms with Crippen molar-refractivity contribution < 1.29 is 4.43 Å². The van der Waals surface area contributed by atoms with Crippen LogP contribution in [0.3, 0.4) is 0 Å². The summed E-state index contributed by atoms with van der Waals surface area (Å²) >= 11 is 0. The quantitative estimate of drug-likeness (QED) is 0.253. The second-order valence-corrected chi connectivity index (χ2v) is 15.6. The summed E-state index contributed by atoms with van der Waals surface area (Å²) in [5.74, 6) is 0. The van der Waals surface area contributed by atoms with Crippen molar-refractivity contribution in [1.82, 2.24) is 0 Å². The van der Waals surface area contributed by atoms with E-state index < -0.39 is 8.32 Å². The molecule has 0 amide bonds. The van der Waals surface area contributed by atoms with Gasteiger partial charge >= 0.3 is 0 Å². The Morgan fingerprint density at radius 3 is 1.29 bits per heavy atom. The van der Waals surface area contributed by atoms with Gasteiger partial charge in [-0.2, -0.15) is 0 Å². The van der Waals surface area contributed by atoms with E-state index in [-0.39, 0.29) is 0 Å². The summed E-state index contributed by atoms with van der Waals surface area (Å²) in [5.41, 5.74) is 0.975. The Morgan fingerprint density at radius 1 is 0.625 bits per heavy atom. The average molecular weight is 357 g/mol. The smallest absolute Gasteiger partial charge is 0.184 e. The second-order valence-electron chi connectivity index (χ2n) is 11.2. The van der Waals surface area contributed by atoms with Crippen LogP contribution in [-0.2, 0) is 4.43 Å². The van der Waals surface area contributed by atoms with Crippen LogP contribution in [0.1, 0.15) is 106 Å². The first-order valence-electron chi connectivity index (χ1n) is 10.5. The fourth-order valence-corrected chi connectivity index (χ4v) is 4.41. The van der Waals surface area contributed by atoms with Gasteiger partial charge in [0.15, 0.2) is 8.32 Å². The summed E-state index contributed by atoms with van der Waals surface area (Å²) < 4.78 is 6.47. The van der Waals surface area contributed by atoms with E-state index >= 15 is 0 Å². The summed E-state index contributed by atoms with van der Waals surface area (Å²) in [6.07, 6.45) is 13.9. The Morgan fingerprint density at radius 2 is 1.00 bits per heavy atom. The molecule has 0 bridgehead atoms. The van der Waals surface area contributed by atoms with E-state index in [1.165, 1.54) is 64.2 Å². The van der Waals surface area contributed by atoms with Crippen molar-refractivity contribution in [1.29, 1.82) is 0 Å². The SMILES string of the molecule is CC(C)(C)CCCCCC(CCCCCC(C)(C)C)O[Si](C)(C)C. The van der Waals surface area contributed by atoms with E-state index in [4.69, 9.17) is 4.43 Å². The van der Waals surface area contributed by atoms with Crippen LogP contribution in [0, 0.1) is 10.8 Å². The largest absolute Gasteiger partial charge is 0.415 e. The zero-order chi connectivity index (χ0) is 18.9. The van der Waals surface area contributed by atoms with E-state index in [9.17, 15) is 0 Å². The van der Waals surface area contributed by atoms with Gasteiger partial charge in [0, 0.05) is 6.10 Å². The molecule has 0 heterocycles. The Kier molecular flexibility index (Phi) is 11.1. The topological polar surface area (TPSA) is 9.23 Å². The molecule has 0 aromatic rings. The zero-order valence-corrected chi connectivity index (χ0v) is 19.6. The molecule has 0 radical (unpaired) electrons. The van der Waals surface area contributed by atoms with Gasteiger partial charge < -0.3 is 4.43 Å². The lowest BCUT2D eigenvalue weighted by atomic mass is 9.89. The Balaban J connectivity index is 4.02. The minimum absolute atomic E-state index is 0.487. The molecule has 0 unspecified atom stereocenters. The molecule has 0 aliphatic rings. The van der Waals surface area contributed by atoms with E-state index in [1.807, 2.05) is 0 Å². The van der Waals surface area contributed by atoms with Crippen LogP contribution in [-0.4, -0.2) is 14.4 Å². The maximum absolute atomic E-state index is 6.47. The molecule has 0 fully saturated rings. The standard InChI is InChI=1S/C22H48OSi/c1-21(2,3)18-14-10-12-16-20(23-24(7,8)9)17-13-11-15-19-22(4,5)6/h20H,10-19H2,1-9H3. The lowest BCUT2D eigenvalue weighted by Gasteiger charge is -2.27. The molecule has 0 spiro atoms. The van der Waals surface area contributed by atoms with Crippen molar-refractivity contribution in [2.24, 2.45) is 10.8 Å². The highest BCUT2D eigenvalue weighted by molar-refractivity contribution is 6.69. The first kappa shape index (κ1) is 24.2. The van der Waals surface area contributed by atoms with Gasteiger partial charge in [0.25, 0.3) is 0 Å². The predicted octanol–water partition coefficient (Wildman–Crippen LogP) is 8.20. The van der Waals surface area contributed by atoms with Crippen molar-refractivity contribution in [3.63, 3.8) is 0 Å². The third kappa shape index (κ3) is 18.5. The minimum Gasteiger partial charge on any atom is -0.415 e. The molecule has 0 atom stereocenters. The summed E-state index contributed by atoms with van der Waals surface area (Å²) in [6, 6.07) is 0. The van der Waals surface area contributed by atoms with Gasteiger partial charge in [-0.15, -0.1) is 0 Å². The van der Waals surface area contributed by atoms with Gasteiger partial charge in [-0.05, 0) is 56.2 Å². The van der Waals surface area contributed by atoms with Gasteiger partial charge in [-0.1, -0.05) is 80.1 Å². The summed E-state index contributed by atoms with van der Waals surface area (Å²) in [7, 11) is -1.42. The van der Waals surface area contributed by atoms with Gasteiger partial charge in [0.2, 0.25) is 0 Å². The van der Waals surface area contributed by atoms with Crippen molar-refractivity contribution >= 4 is 8.32 Å². The normalized spacial score (nSPS) is 13.8. The van der Waals surface area contributed by atoms with E-state index in [2.05, 4.69) is 61.2 Å². The molecule has 0 aromatic carbocycles. The molecule has 24 heavy (non-hydrogen) atoms. The minimum atomic E-state index is -1.42. The third-order valence-electron chi connectivity index (χ3n) is 4.43. The fourth-order valence-electron chi connectivity index (χ4n) is 3.17. The molecular formula is C22H48OSi. The molecular weight excluding hydrogens is 308 g/mol. The van der Waals surface area contributed by atoms with Crippen molar-refractivity contribution in [2.75, 3.05) is 0 Å². The fraction of sp³-hybridized carbons (Fsp3) is 1.00. The number of hydrogen-bond acceptors (Lipinski definition) is 1. The van der Waals surface area contributed by atoms with Crippen LogP contribution >= 0.6 is 0 Å². The maximum Gasteiger partial charge on any atom is 0.184 e. The number of unbranched alkanes of at least 4 members (excludes halogenated alkanes) is 4. The second kappa shape index (κ2) is 11.0. The number of rotatable bonds is 12. The molecule has 0 saturated carbocycles. The van der Waals surface area contributed by atoms with Crippen LogP contribution in [0.2, 0.25) is 19.6 Å². The van der Waals surface area contributed by atoms with Crippen LogP contribution < -0.4 is 0 Å². The van der Waals surface area contributed by atoms with Gasteiger partial charge in [-0.25, -0.2) is 0 Å². The monoisotopic (exact) mass is 356 g/mol. The first-order valence-corrected chi connectivity index (χ1v) is 13.9. The predicted molar refractivity (Wildman–Crippen MR) is 113 cm³/mol. The lowest BCUT2D eigenvalue weighted by Crippen LogP contribution is -2.32. The molecule has 2 heteroatoms. The zero-order valence-electron chi connectivity index (χ0n) is 18.6. The van der Waals surface area contributed by atoms with Crippen molar-refractivity contribution in [2.45, 2.75) is 131 Å². The molecule has 0 saturated heterocycles. The molecule has 146 valence electrons. The van der Waals surface area contributed by atoms with E-state index in [0.29, 0.717) is 16.9 Å². The van der Waals surface area contributed by atoms with Crippen LogP contribution in [0.4, 0.5) is 0 Å². The Labute approximate surface area is 155 Å². The highest BCUT2D eigenvalue weighted by atomic mass is 28.4. The van der Waals surface area contributed by atoms with Gasteiger partial charge in [0.1, 0.15) is 0 Å². The van der Waals surface area contributed by atoms with E-state index in [0.717, 1.165) is 0 Å². The summed E-state index contributed by atoms with van der Waals surface area (Å²) in [6.45, 7) is 21.1. The molecule has 0 aromatic heterocycles. The Bertz CT molecular complexity index is 279. The highest BCUT2D eigenvalue weighted by Gasteiger charge is 2.21. The summed E-state index contributed by atoms with van der Waals surface area (Å²) in [4.78, 5) is 0. The average Bonchev–Trinajstić information content (AvgIpc) is 2.32. The van der Waals surface area contributed by atoms with Gasteiger partial charge in [-0.3, -0.25) is 0 Å². The molecule has 0 N–H and O–H groups in total. The molecule has 0 rings (SSSR count). The van der Waals surface area contributed by atoms with E-state index in [1.54, 1.807) is 0 Å². The molecule has 0 aliphatic heterocycles. The highest BCUT2D eigenvalue weighted by Crippen LogP contribution is 2.25. The van der Waals surface area contributed by atoms with Crippen LogP contribution in [0.15, 0.2) is 0 Å². The molecule has 0 aliphatic carbocycles. The Hall–Kier alpha value is 0.177. The van der Waals surface area contributed by atoms with Gasteiger partial charge in [0.05, 0.1) is 0 Å². The summed E-state index contributed by atoms with van der Waals surface area (Å²) in [5, 5.41) is 0. The van der Waals surface area contributed by atoms with Crippen LogP contribution in [0.5, 0.6) is 0 Å².